The highest BCUT2D eigenvalue weighted by atomic mass is 16.5. The van der Waals surface area contributed by atoms with Gasteiger partial charge in [0.15, 0.2) is 0 Å². The zero-order valence-corrected chi connectivity index (χ0v) is 10.2. The number of nitrogens with one attached hydrogen (secondary N) is 3. The molecule has 1 aromatic carbocycles. The monoisotopic (exact) mass is 247 g/mol. The lowest BCUT2D eigenvalue weighted by Gasteiger charge is -2.23. The predicted molar refractivity (Wildman–Crippen MR) is 69.9 cm³/mol. The fourth-order valence-corrected chi connectivity index (χ4v) is 2.38. The topological polar surface area (TPSA) is 69.9 Å². The minimum absolute atomic E-state index is 0.149. The number of hydrogen-bond acceptors (Lipinski definition) is 3. The molecule has 96 valence electrons. The zero-order chi connectivity index (χ0) is 12.4. The number of ether oxygens (including phenoxy) is 1. The van der Waals surface area contributed by atoms with Gasteiger partial charge in [0.2, 0.25) is 0 Å². The van der Waals surface area contributed by atoms with Crippen LogP contribution in [0.3, 0.4) is 0 Å². The van der Waals surface area contributed by atoms with Gasteiger partial charge in [-0.3, -0.25) is 0 Å². The first kappa shape index (κ1) is 11.5. The average Bonchev–Trinajstić information content (AvgIpc) is 2.77. The molecule has 0 saturated carbocycles. The summed E-state index contributed by atoms with van der Waals surface area (Å²) in [5.74, 6) is 0. The largest absolute Gasteiger partial charge is 0.379 e. The average molecular weight is 247 g/mol. The maximum absolute atomic E-state index is 11.2. The third-order valence-corrected chi connectivity index (χ3v) is 3.36. The normalized spacial score (nSPS) is 20.3. The number of hydrogen-bond donors (Lipinski definition) is 3. The van der Waals surface area contributed by atoms with Gasteiger partial charge in [-0.1, -0.05) is 6.07 Å². The van der Waals surface area contributed by atoms with Crippen LogP contribution in [0.25, 0.3) is 11.0 Å². The van der Waals surface area contributed by atoms with Crippen molar-refractivity contribution in [2.24, 2.45) is 0 Å². The Morgan fingerprint density at radius 3 is 3.00 bits per heavy atom. The van der Waals surface area contributed by atoms with E-state index in [0.717, 1.165) is 43.6 Å². The molecule has 3 N–H and O–H groups in total. The minimum atomic E-state index is -0.149. The Kier molecular flexibility index (Phi) is 3.17. The minimum Gasteiger partial charge on any atom is -0.379 e. The maximum Gasteiger partial charge on any atom is 0.323 e. The van der Waals surface area contributed by atoms with Crippen molar-refractivity contribution in [1.82, 2.24) is 15.3 Å². The smallest absolute Gasteiger partial charge is 0.323 e. The molecular weight excluding hydrogens is 230 g/mol. The van der Waals surface area contributed by atoms with Gasteiger partial charge in [-0.05, 0) is 30.5 Å². The molecule has 1 saturated heterocycles. The molecule has 1 atom stereocenters. The summed E-state index contributed by atoms with van der Waals surface area (Å²) in [5, 5.41) is 3.44. The number of fused-ring (bicyclic) bond motifs is 1. The second-order valence-corrected chi connectivity index (χ2v) is 4.72. The lowest BCUT2D eigenvalue weighted by molar-refractivity contribution is 0.0743. The highest BCUT2D eigenvalue weighted by Crippen LogP contribution is 2.13. The number of imidazole rings is 1. The Bertz CT molecular complexity index is 581. The van der Waals surface area contributed by atoms with Gasteiger partial charge in [-0.15, -0.1) is 0 Å². The number of benzene rings is 1. The van der Waals surface area contributed by atoms with Crippen LogP contribution in [0.5, 0.6) is 0 Å². The molecule has 5 nitrogen and oxygen atoms in total. The molecule has 0 radical (unpaired) electrons. The van der Waals surface area contributed by atoms with E-state index in [9.17, 15) is 4.79 Å². The standard InChI is InChI=1S/C13H17N3O2/c17-13-15-11-4-2-9(7-12(11)16-13)1-3-10-8-18-6-5-14-10/h2,4,7,10,14H,1,3,5-6,8H2,(H2,15,16,17). The fraction of sp³-hybridized carbons (Fsp3) is 0.462. The molecule has 1 aliphatic heterocycles. The van der Waals surface area contributed by atoms with Crippen molar-refractivity contribution >= 4 is 11.0 Å². The van der Waals surface area contributed by atoms with Crippen molar-refractivity contribution in [1.29, 1.82) is 0 Å². The summed E-state index contributed by atoms with van der Waals surface area (Å²) in [4.78, 5) is 16.7. The van der Waals surface area contributed by atoms with Crippen LogP contribution in [0, 0.1) is 0 Å². The second kappa shape index (κ2) is 4.96. The highest BCUT2D eigenvalue weighted by Gasteiger charge is 2.12. The van der Waals surface area contributed by atoms with Crippen molar-refractivity contribution < 1.29 is 4.74 Å². The number of aromatic amines is 2. The number of morpholine rings is 1. The number of aromatic nitrogens is 2. The van der Waals surface area contributed by atoms with E-state index in [1.54, 1.807) is 0 Å². The van der Waals surface area contributed by atoms with Crippen LogP contribution >= 0.6 is 0 Å². The van der Waals surface area contributed by atoms with E-state index in [1.807, 2.05) is 12.1 Å². The van der Waals surface area contributed by atoms with Gasteiger partial charge in [-0.2, -0.15) is 0 Å². The van der Waals surface area contributed by atoms with Crippen LogP contribution in [0.2, 0.25) is 0 Å². The molecule has 0 aliphatic carbocycles. The Hall–Kier alpha value is -1.59. The molecule has 2 aromatic rings. The van der Waals surface area contributed by atoms with Crippen LogP contribution < -0.4 is 11.0 Å². The van der Waals surface area contributed by atoms with Crippen LogP contribution in [0.15, 0.2) is 23.0 Å². The first-order valence-electron chi connectivity index (χ1n) is 6.33. The van der Waals surface area contributed by atoms with E-state index in [1.165, 1.54) is 5.56 Å². The highest BCUT2D eigenvalue weighted by molar-refractivity contribution is 5.74. The fourth-order valence-electron chi connectivity index (χ4n) is 2.38. The van der Waals surface area contributed by atoms with Crippen molar-refractivity contribution in [3.8, 4) is 0 Å². The van der Waals surface area contributed by atoms with E-state index in [-0.39, 0.29) is 5.69 Å². The molecule has 0 amide bonds. The molecule has 2 heterocycles. The summed E-state index contributed by atoms with van der Waals surface area (Å²) >= 11 is 0. The van der Waals surface area contributed by atoms with Crippen molar-refractivity contribution in [2.75, 3.05) is 19.8 Å². The van der Waals surface area contributed by atoms with Gasteiger partial charge in [0.1, 0.15) is 0 Å². The van der Waals surface area contributed by atoms with Gasteiger partial charge < -0.3 is 20.0 Å². The van der Waals surface area contributed by atoms with Crippen molar-refractivity contribution in [2.45, 2.75) is 18.9 Å². The Morgan fingerprint density at radius 2 is 2.17 bits per heavy atom. The Labute approximate surface area is 105 Å². The van der Waals surface area contributed by atoms with E-state index in [0.29, 0.717) is 6.04 Å². The van der Waals surface area contributed by atoms with E-state index < -0.39 is 0 Å². The van der Waals surface area contributed by atoms with E-state index >= 15 is 0 Å². The van der Waals surface area contributed by atoms with Gasteiger partial charge in [0.25, 0.3) is 0 Å². The summed E-state index contributed by atoms with van der Waals surface area (Å²) < 4.78 is 5.43. The molecular formula is C13H17N3O2. The number of rotatable bonds is 3. The molecule has 1 aromatic heterocycles. The van der Waals surface area contributed by atoms with Crippen LogP contribution in [-0.2, 0) is 11.2 Å². The molecule has 1 aliphatic rings. The SMILES string of the molecule is O=c1[nH]c2ccc(CCC3COCCN3)cc2[nH]1. The van der Waals surface area contributed by atoms with Gasteiger partial charge in [0, 0.05) is 12.6 Å². The molecule has 3 rings (SSSR count). The first-order chi connectivity index (χ1) is 8.81. The first-order valence-corrected chi connectivity index (χ1v) is 6.33. The number of H-pyrrole nitrogens is 2. The molecule has 5 heteroatoms. The van der Waals surface area contributed by atoms with Gasteiger partial charge in [-0.25, -0.2) is 4.79 Å². The molecule has 0 spiro atoms. The Morgan fingerprint density at radius 1 is 1.28 bits per heavy atom. The summed E-state index contributed by atoms with van der Waals surface area (Å²) in [6.45, 7) is 2.55. The zero-order valence-electron chi connectivity index (χ0n) is 10.2. The third kappa shape index (κ3) is 2.47. The van der Waals surface area contributed by atoms with Crippen molar-refractivity contribution in [3.05, 3.63) is 34.2 Å². The van der Waals surface area contributed by atoms with E-state index in [4.69, 9.17) is 4.74 Å². The lowest BCUT2D eigenvalue weighted by Crippen LogP contribution is -2.41. The number of aryl methyl sites for hydroxylation is 1. The second-order valence-electron chi connectivity index (χ2n) is 4.72. The molecule has 0 bridgehead atoms. The van der Waals surface area contributed by atoms with Gasteiger partial charge in [0.05, 0.1) is 24.2 Å². The summed E-state index contributed by atoms with van der Waals surface area (Å²) in [6, 6.07) is 6.50. The lowest BCUT2D eigenvalue weighted by atomic mass is 10.0. The van der Waals surface area contributed by atoms with Gasteiger partial charge >= 0.3 is 5.69 Å². The van der Waals surface area contributed by atoms with Crippen molar-refractivity contribution in [3.63, 3.8) is 0 Å². The summed E-state index contributed by atoms with van der Waals surface area (Å²) in [7, 11) is 0. The van der Waals surface area contributed by atoms with Crippen LogP contribution in [-0.4, -0.2) is 35.8 Å². The summed E-state index contributed by atoms with van der Waals surface area (Å²) in [6.07, 6.45) is 2.05. The summed E-state index contributed by atoms with van der Waals surface area (Å²) in [5.41, 5.74) is 2.84. The van der Waals surface area contributed by atoms with Crippen LogP contribution in [0.4, 0.5) is 0 Å². The van der Waals surface area contributed by atoms with E-state index in [2.05, 4.69) is 21.4 Å². The molecule has 18 heavy (non-hydrogen) atoms. The molecule has 1 unspecified atom stereocenters. The van der Waals surface area contributed by atoms with Crippen LogP contribution in [0.1, 0.15) is 12.0 Å². The maximum atomic E-state index is 11.2. The molecule has 1 fully saturated rings. The third-order valence-electron chi connectivity index (χ3n) is 3.36. The Balaban J connectivity index is 1.68. The quantitative estimate of drug-likeness (QED) is 0.750. The predicted octanol–water partition coefficient (Wildman–Crippen LogP) is 0.777.